The van der Waals surface area contributed by atoms with Crippen molar-refractivity contribution in [2.24, 2.45) is 17.1 Å². The van der Waals surface area contributed by atoms with Crippen molar-refractivity contribution in [2.75, 3.05) is 14.1 Å². The van der Waals surface area contributed by atoms with E-state index < -0.39 is 35.4 Å². The van der Waals surface area contributed by atoms with Gasteiger partial charge < -0.3 is 30.6 Å². The van der Waals surface area contributed by atoms with E-state index in [9.17, 15) is 30.6 Å². The maximum atomic E-state index is 11.8. The van der Waals surface area contributed by atoms with Crippen LogP contribution < -0.4 is 5.73 Å². The molecule has 0 aliphatic heterocycles. The SMILES string of the molecule is CCCC(CC)(Cc1ccc(Cl)cc1)C(O)(CC(C(N)(O)O)C(O)(O)O)N(C)C. The molecular formula is C20H35ClN2O6. The molecule has 0 bridgehead atoms. The number of nitrogens with zero attached hydrogens (tertiary/aromatic N) is 1. The lowest BCUT2D eigenvalue weighted by Gasteiger charge is -2.53. The second kappa shape index (κ2) is 9.55. The summed E-state index contributed by atoms with van der Waals surface area (Å²) in [5.41, 5.74) is 3.57. The molecule has 3 unspecified atom stereocenters. The zero-order valence-corrected chi connectivity index (χ0v) is 18.3. The molecule has 0 fully saturated rings. The molecule has 3 atom stereocenters. The highest BCUT2D eigenvalue weighted by molar-refractivity contribution is 6.30. The smallest absolute Gasteiger partial charge is 0.285 e. The molecule has 0 heterocycles. The fourth-order valence-electron chi connectivity index (χ4n) is 4.22. The lowest BCUT2D eigenvalue weighted by atomic mass is 9.64. The van der Waals surface area contributed by atoms with Crippen molar-refractivity contribution < 1.29 is 30.6 Å². The van der Waals surface area contributed by atoms with Crippen LogP contribution in [0.1, 0.15) is 45.1 Å². The quantitative estimate of drug-likeness (QED) is 0.250. The average Bonchev–Trinajstić information content (AvgIpc) is 2.58. The van der Waals surface area contributed by atoms with E-state index in [-0.39, 0.29) is 0 Å². The van der Waals surface area contributed by atoms with Crippen LogP contribution >= 0.6 is 11.6 Å². The van der Waals surface area contributed by atoms with Crippen LogP contribution in [-0.4, -0.2) is 67.2 Å². The molecule has 0 aliphatic rings. The number of halogens is 1. The minimum atomic E-state index is -3.52. The highest BCUT2D eigenvalue weighted by Gasteiger charge is 2.57. The largest absolute Gasteiger partial charge is 0.375 e. The molecule has 1 rings (SSSR count). The lowest BCUT2D eigenvalue weighted by molar-refractivity contribution is -0.401. The predicted molar refractivity (Wildman–Crippen MR) is 110 cm³/mol. The van der Waals surface area contributed by atoms with Crippen molar-refractivity contribution in [2.45, 2.75) is 63.6 Å². The highest BCUT2D eigenvalue weighted by atomic mass is 35.5. The molecule has 8 nitrogen and oxygen atoms in total. The van der Waals surface area contributed by atoms with Gasteiger partial charge in [0.05, 0.1) is 0 Å². The van der Waals surface area contributed by atoms with Crippen molar-refractivity contribution in [3.05, 3.63) is 34.9 Å². The van der Waals surface area contributed by atoms with Crippen molar-refractivity contribution in [3.8, 4) is 0 Å². The third kappa shape index (κ3) is 6.10. The number of aliphatic hydroxyl groups is 6. The third-order valence-electron chi connectivity index (χ3n) is 5.92. The Morgan fingerprint density at radius 2 is 1.52 bits per heavy atom. The molecule has 0 spiro atoms. The normalized spacial score (nSPS) is 18.4. The molecule has 0 amide bonds. The molecular weight excluding hydrogens is 400 g/mol. The summed E-state index contributed by atoms with van der Waals surface area (Å²) in [5, 5.41) is 61.3. The Morgan fingerprint density at radius 1 is 1.00 bits per heavy atom. The molecule has 0 aromatic heterocycles. The number of hydrogen-bond donors (Lipinski definition) is 7. The maximum Gasteiger partial charge on any atom is 0.285 e. The Morgan fingerprint density at radius 3 is 1.86 bits per heavy atom. The van der Waals surface area contributed by atoms with Gasteiger partial charge in [0.15, 0.2) is 0 Å². The van der Waals surface area contributed by atoms with Gasteiger partial charge in [-0.1, -0.05) is 44.0 Å². The standard InChI is InChI=1S/C20H35ClN2O6/c1-5-11-17(6-2,12-14-7-9-15(21)10-8-14)18(24,23(3)4)13-16(19(22,25)26)20(27,28)29/h7-10,16,24-29H,5-6,11-13,22H2,1-4H3. The molecule has 8 N–H and O–H groups in total. The second-order valence-electron chi connectivity index (χ2n) is 8.13. The van der Waals surface area contributed by atoms with Gasteiger partial charge in [0.25, 0.3) is 5.97 Å². The maximum absolute atomic E-state index is 11.8. The number of nitrogens with two attached hydrogens (primary N) is 1. The van der Waals surface area contributed by atoms with E-state index in [0.29, 0.717) is 30.7 Å². The highest BCUT2D eigenvalue weighted by Crippen LogP contribution is 2.48. The first kappa shape index (κ1) is 26.2. The van der Waals surface area contributed by atoms with Gasteiger partial charge in [0.1, 0.15) is 11.6 Å². The summed E-state index contributed by atoms with van der Waals surface area (Å²) in [6, 6.07) is 7.17. The fraction of sp³-hybridized carbons (Fsp3) is 0.700. The Balaban J connectivity index is 3.53. The molecule has 9 heteroatoms. The van der Waals surface area contributed by atoms with Crippen LogP contribution in [0.3, 0.4) is 0 Å². The first-order valence-corrected chi connectivity index (χ1v) is 10.1. The minimum Gasteiger partial charge on any atom is -0.375 e. The van der Waals surface area contributed by atoms with Gasteiger partial charge >= 0.3 is 0 Å². The molecule has 0 saturated carbocycles. The van der Waals surface area contributed by atoms with Gasteiger partial charge in [-0.2, -0.15) is 0 Å². The van der Waals surface area contributed by atoms with E-state index in [1.165, 1.54) is 4.90 Å². The molecule has 0 saturated heterocycles. The van der Waals surface area contributed by atoms with Crippen molar-refractivity contribution in [1.29, 1.82) is 0 Å². The van der Waals surface area contributed by atoms with Crippen molar-refractivity contribution in [1.82, 2.24) is 4.90 Å². The van der Waals surface area contributed by atoms with Crippen LogP contribution in [-0.2, 0) is 6.42 Å². The summed E-state index contributed by atoms with van der Waals surface area (Å²) in [6.45, 7) is 3.85. The van der Waals surface area contributed by atoms with Crippen LogP contribution in [0.25, 0.3) is 0 Å². The van der Waals surface area contributed by atoms with E-state index in [2.05, 4.69) is 0 Å². The Hall–Kier alpha value is -0.810. The van der Waals surface area contributed by atoms with Crippen LogP contribution in [0.15, 0.2) is 24.3 Å². The van der Waals surface area contributed by atoms with Gasteiger partial charge in [-0.25, -0.2) is 0 Å². The summed E-state index contributed by atoms with van der Waals surface area (Å²) in [5.74, 6) is -8.74. The first-order chi connectivity index (χ1) is 13.1. The summed E-state index contributed by atoms with van der Waals surface area (Å²) in [7, 11) is 3.19. The van der Waals surface area contributed by atoms with Crippen LogP contribution in [0, 0.1) is 11.3 Å². The molecule has 1 aromatic carbocycles. The Labute approximate surface area is 177 Å². The number of benzene rings is 1. The van der Waals surface area contributed by atoms with E-state index in [0.717, 1.165) is 5.56 Å². The Bertz CT molecular complexity index is 630. The topological polar surface area (TPSA) is 151 Å². The van der Waals surface area contributed by atoms with Gasteiger partial charge in [-0.05, 0) is 51.1 Å². The van der Waals surface area contributed by atoms with E-state index in [1.807, 2.05) is 26.0 Å². The fourth-order valence-corrected chi connectivity index (χ4v) is 4.34. The van der Waals surface area contributed by atoms with Gasteiger partial charge in [-0.3, -0.25) is 10.6 Å². The average molecular weight is 435 g/mol. The third-order valence-corrected chi connectivity index (χ3v) is 6.17. The van der Waals surface area contributed by atoms with E-state index in [1.54, 1.807) is 26.2 Å². The first-order valence-electron chi connectivity index (χ1n) is 9.68. The monoisotopic (exact) mass is 434 g/mol. The number of rotatable bonds is 11. The molecule has 1 aromatic rings. The summed E-state index contributed by atoms with van der Waals surface area (Å²) < 4.78 is 0. The van der Waals surface area contributed by atoms with Gasteiger partial charge in [0, 0.05) is 16.9 Å². The van der Waals surface area contributed by atoms with Crippen molar-refractivity contribution in [3.63, 3.8) is 0 Å². The van der Waals surface area contributed by atoms with Crippen LogP contribution in [0.4, 0.5) is 0 Å². The molecule has 0 aliphatic carbocycles. The zero-order chi connectivity index (χ0) is 22.7. The van der Waals surface area contributed by atoms with Crippen LogP contribution in [0.2, 0.25) is 5.02 Å². The molecule has 0 radical (unpaired) electrons. The summed E-state index contributed by atoms with van der Waals surface area (Å²) in [6.07, 6.45) is 1.51. The Kier molecular flexibility index (Phi) is 8.64. The minimum absolute atomic E-state index is 0.402. The van der Waals surface area contributed by atoms with E-state index in [4.69, 9.17) is 17.3 Å². The van der Waals surface area contributed by atoms with Gasteiger partial charge in [-0.15, -0.1) is 0 Å². The summed E-state index contributed by atoms with van der Waals surface area (Å²) in [4.78, 5) is 1.48. The second-order valence-corrected chi connectivity index (χ2v) is 8.56. The van der Waals surface area contributed by atoms with E-state index >= 15 is 0 Å². The molecule has 168 valence electrons. The lowest BCUT2D eigenvalue weighted by Crippen LogP contribution is -2.65. The van der Waals surface area contributed by atoms with Crippen molar-refractivity contribution >= 4 is 11.6 Å². The number of hydrogen-bond acceptors (Lipinski definition) is 8. The molecule has 29 heavy (non-hydrogen) atoms. The summed E-state index contributed by atoms with van der Waals surface area (Å²) >= 11 is 5.98. The van der Waals surface area contributed by atoms with Crippen LogP contribution in [0.5, 0.6) is 0 Å². The predicted octanol–water partition coefficient (Wildman–Crippen LogP) is 0.563. The zero-order valence-electron chi connectivity index (χ0n) is 17.5. The van der Waals surface area contributed by atoms with Gasteiger partial charge in [0.2, 0.25) is 5.91 Å².